The van der Waals surface area contributed by atoms with Crippen molar-refractivity contribution in [3.63, 3.8) is 0 Å². The molecule has 2 aromatic carbocycles. The van der Waals surface area contributed by atoms with Gasteiger partial charge in [0.25, 0.3) is 0 Å². The van der Waals surface area contributed by atoms with E-state index in [0.717, 1.165) is 24.0 Å². The van der Waals surface area contributed by atoms with E-state index in [-0.39, 0.29) is 17.2 Å². The molecule has 128 valence electrons. The standard InChI is InChI=1S/C17H12F2N2O3S/c1-24-16(23)15(22)20-17-21(9-10-2-4-11(18)5-3-10)13-7-6-12(19)8-14(13)25-17/h2-8H,9H2,1H3. The number of hydrogen-bond acceptors (Lipinski definition) is 4. The van der Waals surface area contributed by atoms with Crippen molar-refractivity contribution in [1.29, 1.82) is 0 Å². The molecule has 1 amide bonds. The van der Waals surface area contributed by atoms with Crippen molar-refractivity contribution < 1.29 is 23.1 Å². The lowest BCUT2D eigenvalue weighted by Crippen LogP contribution is -2.21. The molecule has 0 N–H and O–H groups in total. The summed E-state index contributed by atoms with van der Waals surface area (Å²) in [6.45, 7) is 0.277. The molecule has 0 saturated heterocycles. The number of rotatable bonds is 2. The minimum Gasteiger partial charge on any atom is -0.462 e. The van der Waals surface area contributed by atoms with Gasteiger partial charge in [0.2, 0.25) is 0 Å². The van der Waals surface area contributed by atoms with Gasteiger partial charge in [0, 0.05) is 0 Å². The highest BCUT2D eigenvalue weighted by Gasteiger charge is 2.15. The van der Waals surface area contributed by atoms with Gasteiger partial charge in [-0.15, -0.1) is 0 Å². The molecule has 0 saturated carbocycles. The summed E-state index contributed by atoms with van der Waals surface area (Å²) in [4.78, 5) is 27.1. The van der Waals surface area contributed by atoms with Crippen molar-refractivity contribution in [3.8, 4) is 0 Å². The summed E-state index contributed by atoms with van der Waals surface area (Å²) in [5, 5.41) is 0. The van der Waals surface area contributed by atoms with Gasteiger partial charge >= 0.3 is 11.9 Å². The molecule has 1 heterocycles. The number of ether oxygens (including phenoxy) is 1. The largest absolute Gasteiger partial charge is 0.462 e. The molecule has 25 heavy (non-hydrogen) atoms. The normalized spacial score (nSPS) is 11.7. The Morgan fingerprint density at radius 3 is 2.48 bits per heavy atom. The first-order valence-corrected chi connectivity index (χ1v) is 8.00. The van der Waals surface area contributed by atoms with E-state index < -0.39 is 17.7 Å². The maximum absolute atomic E-state index is 13.5. The summed E-state index contributed by atoms with van der Waals surface area (Å²) in [7, 11) is 1.09. The Bertz CT molecular complexity index is 1020. The van der Waals surface area contributed by atoms with Crippen LogP contribution in [0.1, 0.15) is 5.56 Å². The monoisotopic (exact) mass is 362 g/mol. The molecule has 0 unspecified atom stereocenters. The maximum atomic E-state index is 13.5. The second-order valence-electron chi connectivity index (χ2n) is 5.12. The number of hydrogen-bond donors (Lipinski definition) is 0. The van der Waals surface area contributed by atoms with E-state index >= 15 is 0 Å². The second-order valence-corrected chi connectivity index (χ2v) is 6.13. The number of aromatic nitrogens is 1. The highest BCUT2D eigenvalue weighted by molar-refractivity contribution is 7.16. The number of halogens is 2. The third-order valence-corrected chi connectivity index (χ3v) is 4.50. The van der Waals surface area contributed by atoms with Crippen LogP contribution in [0.4, 0.5) is 8.78 Å². The zero-order valence-corrected chi connectivity index (χ0v) is 13.8. The molecule has 0 aliphatic rings. The lowest BCUT2D eigenvalue weighted by Gasteiger charge is -2.05. The van der Waals surface area contributed by atoms with Crippen molar-refractivity contribution >= 4 is 33.4 Å². The number of nitrogens with zero attached hydrogens (tertiary/aromatic N) is 2. The molecule has 0 bridgehead atoms. The van der Waals surface area contributed by atoms with Crippen LogP contribution in [0.5, 0.6) is 0 Å². The first kappa shape index (κ1) is 17.0. The van der Waals surface area contributed by atoms with Gasteiger partial charge in [0.05, 0.1) is 23.9 Å². The third-order valence-electron chi connectivity index (χ3n) is 3.46. The topological polar surface area (TPSA) is 60.7 Å². The Kier molecular flexibility index (Phi) is 4.71. The summed E-state index contributed by atoms with van der Waals surface area (Å²) in [6, 6.07) is 10.0. The van der Waals surface area contributed by atoms with Crippen LogP contribution >= 0.6 is 11.3 Å². The van der Waals surface area contributed by atoms with E-state index in [2.05, 4.69) is 9.73 Å². The van der Waals surface area contributed by atoms with E-state index in [0.29, 0.717) is 10.2 Å². The highest BCUT2D eigenvalue weighted by atomic mass is 32.1. The average Bonchev–Trinajstić information content (AvgIpc) is 2.92. The van der Waals surface area contributed by atoms with Gasteiger partial charge in [-0.3, -0.25) is 4.79 Å². The predicted molar refractivity (Wildman–Crippen MR) is 87.9 cm³/mol. The minimum atomic E-state index is -1.09. The Hall–Kier alpha value is -2.87. The molecule has 0 aliphatic heterocycles. The lowest BCUT2D eigenvalue weighted by molar-refractivity contribution is -0.151. The Morgan fingerprint density at radius 2 is 1.80 bits per heavy atom. The molecule has 0 aliphatic carbocycles. The smallest absolute Gasteiger partial charge is 0.399 e. The van der Waals surface area contributed by atoms with Crippen LogP contribution in [-0.4, -0.2) is 23.6 Å². The summed E-state index contributed by atoms with van der Waals surface area (Å²) >= 11 is 1.07. The maximum Gasteiger partial charge on any atom is 0.399 e. The number of amides is 1. The second kappa shape index (κ2) is 6.94. The molecule has 0 radical (unpaired) electrons. The van der Waals surface area contributed by atoms with Gasteiger partial charge in [-0.2, -0.15) is 4.99 Å². The molecule has 3 aromatic rings. The van der Waals surface area contributed by atoms with E-state index in [1.54, 1.807) is 22.8 Å². The van der Waals surface area contributed by atoms with Crippen molar-refractivity contribution in [2.75, 3.05) is 7.11 Å². The first-order chi connectivity index (χ1) is 12.0. The van der Waals surface area contributed by atoms with Crippen LogP contribution in [-0.2, 0) is 20.9 Å². The zero-order chi connectivity index (χ0) is 18.0. The predicted octanol–water partition coefficient (Wildman–Crippen LogP) is 2.63. The molecule has 0 atom stereocenters. The summed E-state index contributed by atoms with van der Waals surface area (Å²) in [5.74, 6) is -2.93. The SMILES string of the molecule is COC(=O)C(=O)N=c1sc2cc(F)ccc2n1Cc1ccc(F)cc1. The van der Waals surface area contributed by atoms with Crippen LogP contribution in [0.15, 0.2) is 47.5 Å². The molecule has 5 nitrogen and oxygen atoms in total. The van der Waals surface area contributed by atoms with Crippen LogP contribution in [0.25, 0.3) is 10.2 Å². The summed E-state index contributed by atoms with van der Waals surface area (Å²) < 4.78 is 33.1. The fraction of sp³-hybridized carbons (Fsp3) is 0.118. The Labute approximate surface area is 144 Å². The number of thiazole rings is 1. The highest BCUT2D eigenvalue weighted by Crippen LogP contribution is 2.20. The zero-order valence-electron chi connectivity index (χ0n) is 13.0. The summed E-state index contributed by atoms with van der Waals surface area (Å²) in [5.41, 5.74) is 1.41. The summed E-state index contributed by atoms with van der Waals surface area (Å²) in [6.07, 6.45) is 0. The minimum absolute atomic E-state index is 0.223. The van der Waals surface area contributed by atoms with Gasteiger partial charge < -0.3 is 9.30 Å². The number of benzene rings is 2. The number of esters is 1. The van der Waals surface area contributed by atoms with Crippen LogP contribution in [0, 0.1) is 11.6 Å². The first-order valence-electron chi connectivity index (χ1n) is 7.18. The van der Waals surface area contributed by atoms with Crippen LogP contribution in [0.3, 0.4) is 0 Å². The van der Waals surface area contributed by atoms with Crippen LogP contribution < -0.4 is 4.80 Å². The van der Waals surface area contributed by atoms with Crippen molar-refractivity contribution in [2.24, 2.45) is 4.99 Å². The van der Waals surface area contributed by atoms with Gasteiger partial charge in [0.1, 0.15) is 11.6 Å². The quantitative estimate of drug-likeness (QED) is 0.520. The molecule has 3 rings (SSSR count). The molecule has 0 fully saturated rings. The van der Waals surface area contributed by atoms with Gasteiger partial charge in [-0.1, -0.05) is 23.5 Å². The van der Waals surface area contributed by atoms with Crippen molar-refractivity contribution in [2.45, 2.75) is 6.54 Å². The van der Waals surface area contributed by atoms with E-state index in [9.17, 15) is 18.4 Å². The van der Waals surface area contributed by atoms with E-state index in [4.69, 9.17) is 0 Å². The molecule has 8 heteroatoms. The van der Waals surface area contributed by atoms with Gasteiger partial charge in [-0.05, 0) is 35.9 Å². The fourth-order valence-electron chi connectivity index (χ4n) is 2.28. The number of fused-ring (bicyclic) bond motifs is 1. The molecular weight excluding hydrogens is 350 g/mol. The number of carbonyl (C=O) groups is 2. The van der Waals surface area contributed by atoms with Gasteiger partial charge in [-0.25, -0.2) is 13.6 Å². The average molecular weight is 362 g/mol. The Morgan fingerprint density at radius 1 is 1.12 bits per heavy atom. The van der Waals surface area contributed by atoms with Crippen LogP contribution in [0.2, 0.25) is 0 Å². The lowest BCUT2D eigenvalue weighted by atomic mass is 10.2. The fourth-order valence-corrected chi connectivity index (χ4v) is 3.33. The van der Waals surface area contributed by atoms with Gasteiger partial charge in [0.15, 0.2) is 4.80 Å². The van der Waals surface area contributed by atoms with E-state index in [1.165, 1.54) is 24.3 Å². The third kappa shape index (κ3) is 3.63. The molecular formula is C17H12F2N2O3S. The number of methoxy groups -OCH3 is 1. The van der Waals surface area contributed by atoms with Crippen molar-refractivity contribution in [1.82, 2.24) is 4.57 Å². The molecule has 1 aromatic heterocycles. The number of carbonyl (C=O) groups excluding carboxylic acids is 2. The van der Waals surface area contributed by atoms with Crippen molar-refractivity contribution in [3.05, 3.63) is 64.5 Å². The Balaban J connectivity index is 2.14. The molecule has 0 spiro atoms. The van der Waals surface area contributed by atoms with E-state index in [1.807, 2.05) is 0 Å².